The van der Waals surface area contributed by atoms with E-state index in [9.17, 15) is 16.8 Å². The van der Waals surface area contributed by atoms with Gasteiger partial charge in [-0.05, 0) is 12.8 Å². The van der Waals surface area contributed by atoms with Crippen LogP contribution in [-0.4, -0.2) is 75.3 Å². The van der Waals surface area contributed by atoms with Gasteiger partial charge in [-0.1, -0.05) is 0 Å². The topological polar surface area (TPSA) is 95.0 Å². The first kappa shape index (κ1) is 15.8. The number of unbranched alkanes of at least 4 members (excludes halogenated alkanes) is 1. The lowest BCUT2D eigenvalue weighted by Crippen LogP contribution is -2.50. The SMILES string of the molecule is CS(=O)(=O)N1CCN(S(=O)(=O)CCCCO)CC1. The van der Waals surface area contributed by atoms with E-state index in [-0.39, 0.29) is 38.5 Å². The van der Waals surface area contributed by atoms with Crippen molar-refractivity contribution in [3.05, 3.63) is 0 Å². The monoisotopic (exact) mass is 300 g/mol. The molecule has 0 aliphatic carbocycles. The molecule has 1 aliphatic heterocycles. The first-order chi connectivity index (χ1) is 8.27. The number of nitrogens with zero attached hydrogens (tertiary/aromatic N) is 2. The molecule has 1 N–H and O–H groups in total. The van der Waals surface area contributed by atoms with Crippen LogP contribution in [0.4, 0.5) is 0 Å². The zero-order valence-electron chi connectivity index (χ0n) is 10.4. The Balaban J connectivity index is 2.52. The quantitative estimate of drug-likeness (QED) is 0.613. The fourth-order valence-electron chi connectivity index (χ4n) is 1.80. The zero-order chi connectivity index (χ0) is 13.8. The average Bonchev–Trinajstić information content (AvgIpc) is 2.28. The fraction of sp³-hybridized carbons (Fsp3) is 1.00. The zero-order valence-corrected chi connectivity index (χ0v) is 12.1. The van der Waals surface area contributed by atoms with Crippen molar-refractivity contribution in [2.24, 2.45) is 0 Å². The van der Waals surface area contributed by atoms with Gasteiger partial charge < -0.3 is 5.11 Å². The van der Waals surface area contributed by atoms with Crippen LogP contribution in [0.1, 0.15) is 12.8 Å². The van der Waals surface area contributed by atoms with Crippen LogP contribution in [0.5, 0.6) is 0 Å². The molecule has 1 saturated heterocycles. The Morgan fingerprint density at radius 3 is 1.89 bits per heavy atom. The molecule has 0 radical (unpaired) electrons. The van der Waals surface area contributed by atoms with Gasteiger partial charge in [0.1, 0.15) is 0 Å². The lowest BCUT2D eigenvalue weighted by Gasteiger charge is -2.32. The van der Waals surface area contributed by atoms with E-state index < -0.39 is 20.0 Å². The average molecular weight is 300 g/mol. The van der Waals surface area contributed by atoms with Crippen LogP contribution in [0.15, 0.2) is 0 Å². The summed E-state index contributed by atoms with van der Waals surface area (Å²) in [7, 11) is -6.56. The van der Waals surface area contributed by atoms with Crippen LogP contribution >= 0.6 is 0 Å². The molecule has 0 amide bonds. The lowest BCUT2D eigenvalue weighted by atomic mass is 10.4. The van der Waals surface area contributed by atoms with Gasteiger partial charge in [-0.2, -0.15) is 8.61 Å². The Labute approximate surface area is 108 Å². The summed E-state index contributed by atoms with van der Waals surface area (Å²) >= 11 is 0. The van der Waals surface area contributed by atoms with Crippen LogP contribution in [0.25, 0.3) is 0 Å². The maximum atomic E-state index is 11.9. The van der Waals surface area contributed by atoms with Gasteiger partial charge >= 0.3 is 0 Å². The van der Waals surface area contributed by atoms with Gasteiger partial charge in [0.05, 0.1) is 12.0 Å². The molecule has 9 heteroatoms. The molecule has 108 valence electrons. The molecule has 0 aromatic carbocycles. The summed E-state index contributed by atoms with van der Waals surface area (Å²) in [6.45, 7) is 0.802. The molecule has 0 aromatic rings. The molecule has 0 spiro atoms. The first-order valence-corrected chi connectivity index (χ1v) is 9.27. The summed E-state index contributed by atoms with van der Waals surface area (Å²) in [5.74, 6) is 0.00638. The standard InChI is InChI=1S/C9H20N2O5S2/c1-17(13,14)10-4-6-11(7-5-10)18(15,16)9-3-2-8-12/h12H,2-9H2,1H3. The summed E-state index contributed by atoms with van der Waals surface area (Å²) < 4.78 is 49.0. The van der Waals surface area contributed by atoms with Crippen molar-refractivity contribution in [2.75, 3.05) is 44.8 Å². The Morgan fingerprint density at radius 2 is 1.44 bits per heavy atom. The number of rotatable bonds is 6. The van der Waals surface area contributed by atoms with Crippen molar-refractivity contribution >= 4 is 20.0 Å². The molecule has 1 rings (SSSR count). The van der Waals surface area contributed by atoms with Crippen molar-refractivity contribution in [3.63, 3.8) is 0 Å². The number of aliphatic hydroxyl groups excluding tert-OH is 1. The largest absolute Gasteiger partial charge is 0.396 e. The summed E-state index contributed by atoms with van der Waals surface area (Å²) in [6, 6.07) is 0. The lowest BCUT2D eigenvalue weighted by molar-refractivity contribution is 0.271. The maximum Gasteiger partial charge on any atom is 0.214 e. The third-order valence-electron chi connectivity index (χ3n) is 2.87. The second-order valence-electron chi connectivity index (χ2n) is 4.31. The van der Waals surface area contributed by atoms with E-state index in [2.05, 4.69) is 0 Å². The van der Waals surface area contributed by atoms with Crippen molar-refractivity contribution < 1.29 is 21.9 Å². The highest BCUT2D eigenvalue weighted by Gasteiger charge is 2.29. The Hall–Kier alpha value is -0.220. The number of hydrogen-bond donors (Lipinski definition) is 1. The normalized spacial score (nSPS) is 20.1. The molecule has 0 bridgehead atoms. The summed E-state index contributed by atoms with van der Waals surface area (Å²) in [5, 5.41) is 8.62. The van der Waals surface area contributed by atoms with E-state index in [0.717, 1.165) is 6.26 Å². The number of hydrogen-bond acceptors (Lipinski definition) is 5. The summed E-state index contributed by atoms with van der Waals surface area (Å²) in [6.07, 6.45) is 2.01. The Kier molecular flexibility index (Phi) is 5.53. The maximum absolute atomic E-state index is 11.9. The molecular formula is C9H20N2O5S2. The van der Waals surface area contributed by atoms with Crippen LogP contribution in [0, 0.1) is 0 Å². The molecule has 0 unspecified atom stereocenters. The smallest absolute Gasteiger partial charge is 0.214 e. The second kappa shape index (κ2) is 6.29. The summed E-state index contributed by atoms with van der Waals surface area (Å²) in [4.78, 5) is 0. The van der Waals surface area contributed by atoms with Gasteiger partial charge in [0, 0.05) is 32.8 Å². The third-order valence-corrected chi connectivity index (χ3v) is 6.13. The minimum atomic E-state index is -3.32. The highest BCUT2D eigenvalue weighted by atomic mass is 32.2. The van der Waals surface area contributed by atoms with E-state index in [1.165, 1.54) is 8.61 Å². The predicted octanol–water partition coefficient (Wildman–Crippen LogP) is -1.33. The van der Waals surface area contributed by atoms with Crippen LogP contribution in [-0.2, 0) is 20.0 Å². The van der Waals surface area contributed by atoms with Crippen molar-refractivity contribution in [3.8, 4) is 0 Å². The molecule has 1 heterocycles. The van der Waals surface area contributed by atoms with E-state index >= 15 is 0 Å². The number of aliphatic hydroxyl groups is 1. The fourth-order valence-corrected chi connectivity index (χ4v) is 4.18. The molecular weight excluding hydrogens is 280 g/mol. The number of piperazine rings is 1. The first-order valence-electron chi connectivity index (χ1n) is 5.81. The molecule has 0 aromatic heterocycles. The van der Waals surface area contributed by atoms with E-state index in [0.29, 0.717) is 12.8 Å². The van der Waals surface area contributed by atoms with Crippen molar-refractivity contribution in [1.29, 1.82) is 0 Å². The van der Waals surface area contributed by atoms with Crippen LogP contribution in [0.2, 0.25) is 0 Å². The van der Waals surface area contributed by atoms with Gasteiger partial charge in [-0.25, -0.2) is 16.8 Å². The van der Waals surface area contributed by atoms with E-state index in [1.54, 1.807) is 0 Å². The molecule has 7 nitrogen and oxygen atoms in total. The van der Waals surface area contributed by atoms with E-state index in [1.807, 2.05) is 0 Å². The molecule has 1 fully saturated rings. The highest BCUT2D eigenvalue weighted by molar-refractivity contribution is 7.89. The van der Waals surface area contributed by atoms with Crippen molar-refractivity contribution in [2.45, 2.75) is 12.8 Å². The van der Waals surface area contributed by atoms with Gasteiger partial charge in [-0.15, -0.1) is 0 Å². The molecule has 1 aliphatic rings. The molecule has 0 saturated carbocycles. The minimum absolute atomic E-state index is 0.00638. The van der Waals surface area contributed by atoms with Gasteiger partial charge in [0.15, 0.2) is 0 Å². The minimum Gasteiger partial charge on any atom is -0.396 e. The van der Waals surface area contributed by atoms with Crippen LogP contribution < -0.4 is 0 Å². The second-order valence-corrected chi connectivity index (χ2v) is 8.38. The highest BCUT2D eigenvalue weighted by Crippen LogP contribution is 2.11. The Morgan fingerprint density at radius 1 is 0.944 bits per heavy atom. The van der Waals surface area contributed by atoms with Gasteiger partial charge in [0.2, 0.25) is 20.0 Å². The number of sulfonamides is 2. The van der Waals surface area contributed by atoms with E-state index in [4.69, 9.17) is 5.11 Å². The predicted molar refractivity (Wildman–Crippen MR) is 68.1 cm³/mol. The Bertz CT molecular complexity index is 451. The van der Waals surface area contributed by atoms with Crippen molar-refractivity contribution in [1.82, 2.24) is 8.61 Å². The summed E-state index contributed by atoms with van der Waals surface area (Å²) in [5.41, 5.74) is 0. The van der Waals surface area contributed by atoms with Crippen LogP contribution in [0.3, 0.4) is 0 Å². The molecule has 0 atom stereocenters. The van der Waals surface area contributed by atoms with Gasteiger partial charge in [0.25, 0.3) is 0 Å². The van der Waals surface area contributed by atoms with Gasteiger partial charge in [-0.3, -0.25) is 0 Å². The third kappa shape index (κ3) is 4.47. The molecule has 18 heavy (non-hydrogen) atoms.